The quantitative estimate of drug-likeness (QED) is 0.906. The third kappa shape index (κ3) is 2.71. The van der Waals surface area contributed by atoms with Crippen LogP contribution in [-0.4, -0.2) is 31.3 Å². The van der Waals surface area contributed by atoms with Gasteiger partial charge in [-0.1, -0.05) is 19.1 Å². The van der Waals surface area contributed by atoms with Crippen molar-refractivity contribution in [3.63, 3.8) is 0 Å². The van der Waals surface area contributed by atoms with Crippen molar-refractivity contribution in [3.05, 3.63) is 27.8 Å². The molecule has 0 saturated heterocycles. The Morgan fingerprint density at radius 1 is 1.37 bits per heavy atom. The Bertz CT molecular complexity index is 539. The number of halogens is 1. The molecule has 2 rings (SSSR count). The molecule has 2 aromatic heterocycles. The van der Waals surface area contributed by atoms with Crippen LogP contribution in [0, 0.1) is 0 Å². The fourth-order valence-corrected chi connectivity index (χ4v) is 2.83. The summed E-state index contributed by atoms with van der Waals surface area (Å²) in [7, 11) is 3.85. The molecule has 2 heterocycles. The van der Waals surface area contributed by atoms with E-state index >= 15 is 0 Å². The van der Waals surface area contributed by atoms with Gasteiger partial charge in [-0.15, -0.1) is 5.10 Å². The summed E-state index contributed by atoms with van der Waals surface area (Å²) >= 11 is 3.48. The van der Waals surface area contributed by atoms with Crippen LogP contribution in [0.3, 0.4) is 0 Å². The number of nitrogens with one attached hydrogen (secondary N) is 1. The molecule has 0 bridgehead atoms. The second kappa shape index (κ2) is 5.83. The van der Waals surface area contributed by atoms with Gasteiger partial charge in [-0.2, -0.15) is 5.10 Å². The van der Waals surface area contributed by atoms with E-state index in [4.69, 9.17) is 0 Å². The largest absolute Gasteiger partial charge is 0.305 e. The second-order valence-electron chi connectivity index (χ2n) is 4.44. The van der Waals surface area contributed by atoms with Crippen molar-refractivity contribution in [1.29, 1.82) is 0 Å². The summed E-state index contributed by atoms with van der Waals surface area (Å²) in [5.41, 5.74) is 3.30. The molecule has 6 nitrogen and oxygen atoms in total. The van der Waals surface area contributed by atoms with E-state index in [0.29, 0.717) is 0 Å². The second-order valence-corrected chi connectivity index (χ2v) is 5.19. The van der Waals surface area contributed by atoms with Crippen molar-refractivity contribution < 1.29 is 0 Å². The number of hydrogen-bond donors (Lipinski definition) is 1. The molecule has 0 saturated carbocycles. The third-order valence-electron chi connectivity index (χ3n) is 3.09. The van der Waals surface area contributed by atoms with Gasteiger partial charge in [0.1, 0.15) is 0 Å². The van der Waals surface area contributed by atoms with Gasteiger partial charge in [0.2, 0.25) is 0 Å². The zero-order chi connectivity index (χ0) is 14.0. The third-order valence-corrected chi connectivity index (χ3v) is 3.66. The van der Waals surface area contributed by atoms with Gasteiger partial charge < -0.3 is 5.32 Å². The molecule has 7 heteroatoms. The summed E-state index contributed by atoms with van der Waals surface area (Å²) in [6.07, 6.45) is 2.96. The average Bonchev–Trinajstić information content (AvgIpc) is 2.91. The first-order valence-corrected chi connectivity index (χ1v) is 7.18. The zero-order valence-electron chi connectivity index (χ0n) is 11.7. The average molecular weight is 327 g/mol. The van der Waals surface area contributed by atoms with E-state index in [9.17, 15) is 0 Å². The predicted molar refractivity (Wildman–Crippen MR) is 76.8 cm³/mol. The van der Waals surface area contributed by atoms with Gasteiger partial charge in [-0.05, 0) is 28.9 Å². The van der Waals surface area contributed by atoms with Crippen molar-refractivity contribution in [2.24, 2.45) is 14.1 Å². The van der Waals surface area contributed by atoms with E-state index in [1.807, 2.05) is 18.8 Å². The Morgan fingerprint density at radius 3 is 2.63 bits per heavy atom. The molecular formula is C12H19BrN6. The Hall–Kier alpha value is -1.21. The molecule has 0 amide bonds. The van der Waals surface area contributed by atoms with Gasteiger partial charge >= 0.3 is 0 Å². The summed E-state index contributed by atoms with van der Waals surface area (Å²) in [6, 6.07) is 0.0445. The number of aryl methyl sites for hydroxylation is 3. The monoisotopic (exact) mass is 326 g/mol. The first kappa shape index (κ1) is 14.2. The maximum Gasteiger partial charge on any atom is 0.153 e. The lowest BCUT2D eigenvalue weighted by atomic mass is 10.0. The van der Waals surface area contributed by atoms with Crippen LogP contribution in [0.25, 0.3) is 0 Å². The number of rotatable bonds is 5. The molecule has 0 aromatic carbocycles. The lowest BCUT2D eigenvalue weighted by molar-refractivity contribution is 0.564. The van der Waals surface area contributed by atoms with Crippen molar-refractivity contribution in [2.75, 3.05) is 6.54 Å². The van der Waals surface area contributed by atoms with Crippen LogP contribution in [-0.2, 0) is 20.5 Å². The van der Waals surface area contributed by atoms with Gasteiger partial charge in [0.25, 0.3) is 0 Å². The fourth-order valence-electron chi connectivity index (χ4n) is 2.27. The zero-order valence-corrected chi connectivity index (χ0v) is 13.3. The van der Waals surface area contributed by atoms with Crippen molar-refractivity contribution >= 4 is 15.9 Å². The summed E-state index contributed by atoms with van der Waals surface area (Å²) < 4.78 is 4.42. The standard InChI is InChI=1S/C12H19BrN6/c1-5-9-8(7-18(3)16-9)10(14-6-2)11-12(13)15-17-19(11)4/h7,10,14H,5-6H2,1-4H3. The Kier molecular flexibility index (Phi) is 4.36. The molecule has 0 fully saturated rings. The first-order valence-electron chi connectivity index (χ1n) is 6.39. The van der Waals surface area contributed by atoms with E-state index in [1.165, 1.54) is 5.56 Å². The van der Waals surface area contributed by atoms with Crippen LogP contribution < -0.4 is 5.32 Å². The van der Waals surface area contributed by atoms with Gasteiger partial charge in [0.05, 0.1) is 17.4 Å². The van der Waals surface area contributed by atoms with Crippen LogP contribution in [0.2, 0.25) is 0 Å². The van der Waals surface area contributed by atoms with Gasteiger partial charge in [-0.3, -0.25) is 4.68 Å². The Balaban J connectivity index is 2.51. The van der Waals surface area contributed by atoms with Crippen molar-refractivity contribution in [3.8, 4) is 0 Å². The summed E-state index contributed by atoms with van der Waals surface area (Å²) in [5, 5.41) is 16.1. The smallest absolute Gasteiger partial charge is 0.153 e. The van der Waals surface area contributed by atoms with E-state index < -0.39 is 0 Å². The Morgan fingerprint density at radius 2 is 2.11 bits per heavy atom. The highest BCUT2D eigenvalue weighted by atomic mass is 79.9. The van der Waals surface area contributed by atoms with Gasteiger partial charge in [0.15, 0.2) is 4.60 Å². The van der Waals surface area contributed by atoms with Crippen LogP contribution in [0.4, 0.5) is 0 Å². The maximum absolute atomic E-state index is 4.51. The lowest BCUT2D eigenvalue weighted by Gasteiger charge is -2.18. The molecule has 0 aliphatic carbocycles. The van der Waals surface area contributed by atoms with Gasteiger partial charge in [0, 0.05) is 25.9 Å². The topological polar surface area (TPSA) is 60.6 Å². The van der Waals surface area contributed by atoms with Crippen LogP contribution >= 0.6 is 15.9 Å². The SMILES string of the molecule is CCNC(c1cn(C)nc1CC)c1c(Br)nnn1C. The predicted octanol–water partition coefficient (Wildman–Crippen LogP) is 1.57. The molecular weight excluding hydrogens is 308 g/mol. The minimum absolute atomic E-state index is 0.0445. The normalized spacial score (nSPS) is 12.9. The van der Waals surface area contributed by atoms with Crippen LogP contribution in [0.15, 0.2) is 10.8 Å². The van der Waals surface area contributed by atoms with Crippen molar-refractivity contribution in [1.82, 2.24) is 30.1 Å². The number of hydrogen-bond acceptors (Lipinski definition) is 4. The highest BCUT2D eigenvalue weighted by Crippen LogP contribution is 2.28. The number of nitrogens with zero attached hydrogens (tertiary/aromatic N) is 5. The van der Waals surface area contributed by atoms with E-state index in [2.05, 4.69) is 56.7 Å². The molecule has 104 valence electrons. The molecule has 1 unspecified atom stereocenters. The highest BCUT2D eigenvalue weighted by molar-refractivity contribution is 9.10. The molecule has 0 aliphatic rings. The molecule has 0 radical (unpaired) electrons. The molecule has 2 aromatic rings. The Labute approximate surface area is 121 Å². The fraction of sp³-hybridized carbons (Fsp3) is 0.583. The molecule has 19 heavy (non-hydrogen) atoms. The van der Waals surface area contributed by atoms with E-state index in [1.54, 1.807) is 4.68 Å². The van der Waals surface area contributed by atoms with E-state index in [0.717, 1.165) is 29.0 Å². The molecule has 0 spiro atoms. The minimum Gasteiger partial charge on any atom is -0.305 e. The lowest BCUT2D eigenvalue weighted by Crippen LogP contribution is -2.25. The summed E-state index contributed by atoms with van der Waals surface area (Å²) in [6.45, 7) is 5.07. The summed E-state index contributed by atoms with van der Waals surface area (Å²) in [5.74, 6) is 0. The first-order chi connectivity index (χ1) is 9.08. The number of aromatic nitrogens is 5. The summed E-state index contributed by atoms with van der Waals surface area (Å²) in [4.78, 5) is 0. The van der Waals surface area contributed by atoms with Crippen LogP contribution in [0.1, 0.15) is 36.8 Å². The molecule has 1 atom stereocenters. The van der Waals surface area contributed by atoms with E-state index in [-0.39, 0.29) is 6.04 Å². The van der Waals surface area contributed by atoms with Crippen molar-refractivity contribution in [2.45, 2.75) is 26.3 Å². The maximum atomic E-state index is 4.51. The van der Waals surface area contributed by atoms with Gasteiger partial charge in [-0.25, -0.2) is 4.68 Å². The molecule has 1 N–H and O–H groups in total. The molecule has 0 aliphatic heterocycles. The van der Waals surface area contributed by atoms with Crippen LogP contribution in [0.5, 0.6) is 0 Å². The highest BCUT2D eigenvalue weighted by Gasteiger charge is 2.24. The minimum atomic E-state index is 0.0445.